The van der Waals surface area contributed by atoms with Crippen LogP contribution in [0.5, 0.6) is 11.5 Å². The number of carbonyl (C=O) groups is 1. The van der Waals surface area contributed by atoms with Gasteiger partial charge in [-0.15, -0.1) is 0 Å². The predicted octanol–water partition coefficient (Wildman–Crippen LogP) is 5.03. The number of benzene rings is 2. The van der Waals surface area contributed by atoms with Crippen LogP contribution in [0.1, 0.15) is 25.7 Å². The molecule has 0 aliphatic carbocycles. The summed E-state index contributed by atoms with van der Waals surface area (Å²) in [7, 11) is 1.73. The molecule has 0 saturated heterocycles. The molecule has 138 valence electrons. The Morgan fingerprint density at radius 2 is 1.38 bits per heavy atom. The first-order valence-corrected chi connectivity index (χ1v) is 8.89. The fraction of sp³-hybridized carbons (Fsp3) is 0.318. The van der Waals surface area contributed by atoms with Crippen molar-refractivity contribution in [3.05, 3.63) is 61.2 Å². The van der Waals surface area contributed by atoms with Crippen molar-refractivity contribution in [3.63, 3.8) is 0 Å². The summed E-state index contributed by atoms with van der Waals surface area (Å²) in [5, 5.41) is 0. The Morgan fingerprint density at radius 3 is 1.92 bits per heavy atom. The topological polar surface area (TPSA) is 44.8 Å². The standard InChI is InChI=1S/C22H26O4/c1-3-22(23)26-21-14-10-19(11-15-21)18-8-12-20(13-9-18)25-17-7-5-4-6-16-24-2/h3,8-15H,1,4-7,16-17H2,2H3. The van der Waals surface area contributed by atoms with Gasteiger partial charge in [-0.05, 0) is 54.7 Å². The molecule has 0 radical (unpaired) electrons. The van der Waals surface area contributed by atoms with Crippen molar-refractivity contribution in [2.75, 3.05) is 20.3 Å². The third-order valence-corrected chi connectivity index (χ3v) is 3.94. The van der Waals surface area contributed by atoms with Crippen LogP contribution in [0.15, 0.2) is 61.2 Å². The molecule has 26 heavy (non-hydrogen) atoms. The fourth-order valence-corrected chi connectivity index (χ4v) is 2.51. The number of methoxy groups -OCH3 is 1. The maximum atomic E-state index is 11.2. The van der Waals surface area contributed by atoms with Gasteiger partial charge >= 0.3 is 5.97 Å². The minimum atomic E-state index is -0.460. The number of carbonyl (C=O) groups excluding carboxylic acids is 1. The van der Waals surface area contributed by atoms with Crippen molar-refractivity contribution in [2.45, 2.75) is 25.7 Å². The second-order valence-corrected chi connectivity index (χ2v) is 5.93. The van der Waals surface area contributed by atoms with Gasteiger partial charge in [0.1, 0.15) is 11.5 Å². The third kappa shape index (κ3) is 6.73. The van der Waals surface area contributed by atoms with Crippen LogP contribution in [0.3, 0.4) is 0 Å². The van der Waals surface area contributed by atoms with Gasteiger partial charge in [-0.2, -0.15) is 0 Å². The molecule has 0 aliphatic heterocycles. The first kappa shape index (κ1) is 19.7. The van der Waals surface area contributed by atoms with E-state index in [1.165, 1.54) is 6.42 Å². The van der Waals surface area contributed by atoms with Crippen LogP contribution in [0.25, 0.3) is 11.1 Å². The van der Waals surface area contributed by atoms with E-state index in [4.69, 9.17) is 14.2 Å². The Labute approximate surface area is 155 Å². The number of unbranched alkanes of at least 4 members (excludes halogenated alkanes) is 3. The lowest BCUT2D eigenvalue weighted by Gasteiger charge is -2.08. The normalized spacial score (nSPS) is 10.3. The van der Waals surface area contributed by atoms with Crippen LogP contribution in [0, 0.1) is 0 Å². The van der Waals surface area contributed by atoms with Crippen molar-refractivity contribution >= 4 is 5.97 Å². The van der Waals surface area contributed by atoms with Crippen LogP contribution in [-0.4, -0.2) is 26.3 Å². The van der Waals surface area contributed by atoms with Crippen molar-refractivity contribution in [1.29, 1.82) is 0 Å². The molecule has 2 aromatic rings. The highest BCUT2D eigenvalue weighted by molar-refractivity contribution is 5.83. The summed E-state index contributed by atoms with van der Waals surface area (Å²) in [4.78, 5) is 11.2. The van der Waals surface area contributed by atoms with E-state index in [9.17, 15) is 4.79 Å². The van der Waals surface area contributed by atoms with E-state index in [1.54, 1.807) is 19.2 Å². The van der Waals surface area contributed by atoms with Crippen molar-refractivity contribution in [1.82, 2.24) is 0 Å². The van der Waals surface area contributed by atoms with E-state index >= 15 is 0 Å². The second-order valence-electron chi connectivity index (χ2n) is 5.93. The third-order valence-electron chi connectivity index (χ3n) is 3.94. The molecule has 0 bridgehead atoms. The molecule has 0 saturated carbocycles. The summed E-state index contributed by atoms with van der Waals surface area (Å²) in [6, 6.07) is 15.4. The van der Waals surface area contributed by atoms with E-state index in [-0.39, 0.29) is 0 Å². The molecule has 0 unspecified atom stereocenters. The van der Waals surface area contributed by atoms with Gasteiger partial charge in [0.2, 0.25) is 0 Å². The Kier molecular flexibility index (Phi) is 8.43. The van der Waals surface area contributed by atoms with Gasteiger partial charge in [-0.3, -0.25) is 0 Å². The second kappa shape index (κ2) is 11.1. The SMILES string of the molecule is C=CC(=O)Oc1ccc(-c2ccc(OCCCCCCOC)cc2)cc1. The van der Waals surface area contributed by atoms with E-state index in [0.29, 0.717) is 5.75 Å². The molecular formula is C22H26O4. The minimum Gasteiger partial charge on any atom is -0.494 e. The molecule has 0 atom stereocenters. The molecule has 0 heterocycles. The Hall–Kier alpha value is -2.59. The highest BCUT2D eigenvalue weighted by Crippen LogP contribution is 2.25. The average Bonchev–Trinajstić information content (AvgIpc) is 2.68. The van der Waals surface area contributed by atoms with Crippen molar-refractivity contribution < 1.29 is 19.0 Å². The first-order valence-electron chi connectivity index (χ1n) is 8.89. The van der Waals surface area contributed by atoms with Crippen molar-refractivity contribution in [3.8, 4) is 22.6 Å². The number of ether oxygens (including phenoxy) is 3. The lowest BCUT2D eigenvalue weighted by molar-refractivity contribution is -0.128. The molecule has 0 amide bonds. The summed E-state index contributed by atoms with van der Waals surface area (Å²) in [6.45, 7) is 4.95. The zero-order valence-corrected chi connectivity index (χ0v) is 15.3. The van der Waals surface area contributed by atoms with E-state index in [1.807, 2.05) is 36.4 Å². The minimum absolute atomic E-state index is 0.460. The molecule has 0 aliphatic rings. The summed E-state index contributed by atoms with van der Waals surface area (Å²) in [5.74, 6) is 0.921. The van der Waals surface area contributed by atoms with Gasteiger partial charge in [0.05, 0.1) is 6.61 Å². The first-order chi connectivity index (χ1) is 12.7. The molecular weight excluding hydrogens is 328 g/mol. The van der Waals surface area contributed by atoms with Gasteiger partial charge in [-0.1, -0.05) is 37.3 Å². The van der Waals surface area contributed by atoms with Gasteiger partial charge in [0.25, 0.3) is 0 Å². The Bertz CT molecular complexity index is 674. The zero-order valence-electron chi connectivity index (χ0n) is 15.3. The predicted molar refractivity (Wildman–Crippen MR) is 104 cm³/mol. The number of rotatable bonds is 11. The summed E-state index contributed by atoms with van der Waals surface area (Å²) in [5.41, 5.74) is 2.13. The highest BCUT2D eigenvalue weighted by Gasteiger charge is 2.02. The molecule has 4 heteroatoms. The van der Waals surface area contributed by atoms with Crippen LogP contribution >= 0.6 is 0 Å². The molecule has 2 aromatic carbocycles. The highest BCUT2D eigenvalue weighted by atomic mass is 16.5. The summed E-state index contributed by atoms with van der Waals surface area (Å²) in [6.07, 6.45) is 5.64. The average molecular weight is 354 g/mol. The van der Waals surface area contributed by atoms with E-state index in [0.717, 1.165) is 55.4 Å². The Balaban J connectivity index is 1.79. The van der Waals surface area contributed by atoms with Crippen LogP contribution in [0.2, 0.25) is 0 Å². The van der Waals surface area contributed by atoms with Gasteiger partial charge in [0, 0.05) is 19.8 Å². The monoisotopic (exact) mass is 354 g/mol. The molecule has 0 N–H and O–H groups in total. The number of hydrogen-bond acceptors (Lipinski definition) is 4. The van der Waals surface area contributed by atoms with Gasteiger partial charge < -0.3 is 14.2 Å². The smallest absolute Gasteiger partial charge is 0.335 e. The lowest BCUT2D eigenvalue weighted by Crippen LogP contribution is -2.02. The Morgan fingerprint density at radius 1 is 0.846 bits per heavy atom. The largest absolute Gasteiger partial charge is 0.494 e. The molecule has 4 nitrogen and oxygen atoms in total. The maximum absolute atomic E-state index is 11.2. The van der Waals surface area contributed by atoms with Crippen molar-refractivity contribution in [2.24, 2.45) is 0 Å². The summed E-state index contributed by atoms with van der Waals surface area (Å²) >= 11 is 0. The van der Waals surface area contributed by atoms with E-state index < -0.39 is 5.97 Å². The van der Waals surface area contributed by atoms with Gasteiger partial charge in [-0.25, -0.2) is 4.79 Å². The molecule has 2 rings (SSSR count). The number of esters is 1. The molecule has 0 spiro atoms. The van der Waals surface area contributed by atoms with Crippen LogP contribution in [-0.2, 0) is 9.53 Å². The molecule has 0 fully saturated rings. The van der Waals surface area contributed by atoms with E-state index in [2.05, 4.69) is 6.58 Å². The zero-order chi connectivity index (χ0) is 18.6. The quantitative estimate of drug-likeness (QED) is 0.246. The summed E-state index contributed by atoms with van der Waals surface area (Å²) < 4.78 is 15.9. The number of hydrogen-bond donors (Lipinski definition) is 0. The molecule has 0 aromatic heterocycles. The maximum Gasteiger partial charge on any atom is 0.335 e. The van der Waals surface area contributed by atoms with Crippen LogP contribution < -0.4 is 9.47 Å². The van der Waals surface area contributed by atoms with Crippen LogP contribution in [0.4, 0.5) is 0 Å². The lowest BCUT2D eigenvalue weighted by atomic mass is 10.1. The van der Waals surface area contributed by atoms with Gasteiger partial charge in [0.15, 0.2) is 0 Å². The fourth-order valence-electron chi connectivity index (χ4n) is 2.51.